The van der Waals surface area contributed by atoms with Crippen LogP contribution in [0, 0.1) is 11.3 Å². The number of hydrogen-bond donors (Lipinski definition) is 1. The van der Waals surface area contributed by atoms with E-state index in [0.717, 1.165) is 12.2 Å². The van der Waals surface area contributed by atoms with Crippen LogP contribution in [0.1, 0.15) is 43.7 Å². The fraction of sp³-hybridized carbons (Fsp3) is 0.625. The average Bonchev–Trinajstić information content (AvgIpc) is 2.43. The molecular weight excluding hydrogens is 222 g/mol. The Labute approximate surface area is 110 Å². The highest BCUT2D eigenvalue weighted by molar-refractivity contribution is 5.44. The van der Waals surface area contributed by atoms with Gasteiger partial charge in [0.25, 0.3) is 0 Å². The largest absolute Gasteiger partial charge is 0.497 e. The maximum absolute atomic E-state index is 6.42. The second-order valence-electron chi connectivity index (χ2n) is 6.13. The molecule has 98 valence electrons. The van der Waals surface area contributed by atoms with Crippen LogP contribution >= 0.6 is 0 Å². The highest BCUT2D eigenvalue weighted by Crippen LogP contribution is 2.61. The van der Waals surface area contributed by atoms with Gasteiger partial charge < -0.3 is 10.5 Å². The van der Waals surface area contributed by atoms with Gasteiger partial charge >= 0.3 is 0 Å². The van der Waals surface area contributed by atoms with Crippen molar-refractivity contribution in [3.05, 3.63) is 29.3 Å². The van der Waals surface area contributed by atoms with Crippen molar-refractivity contribution in [1.82, 2.24) is 0 Å². The number of aryl methyl sites for hydroxylation is 1. The molecule has 0 aromatic heterocycles. The molecule has 3 rings (SSSR count). The second-order valence-corrected chi connectivity index (χ2v) is 6.13. The Morgan fingerprint density at radius 2 is 2.22 bits per heavy atom. The van der Waals surface area contributed by atoms with Crippen LogP contribution < -0.4 is 10.5 Å². The van der Waals surface area contributed by atoms with Crippen molar-refractivity contribution in [1.29, 1.82) is 0 Å². The van der Waals surface area contributed by atoms with Crippen LogP contribution in [0.3, 0.4) is 0 Å². The van der Waals surface area contributed by atoms with Gasteiger partial charge in [-0.05, 0) is 59.8 Å². The van der Waals surface area contributed by atoms with Gasteiger partial charge in [-0.2, -0.15) is 0 Å². The molecule has 1 aromatic rings. The summed E-state index contributed by atoms with van der Waals surface area (Å²) in [6.07, 6.45) is 3.58. The van der Waals surface area contributed by atoms with Crippen LogP contribution in [-0.2, 0) is 6.42 Å². The van der Waals surface area contributed by atoms with Gasteiger partial charge in [-0.25, -0.2) is 0 Å². The molecule has 0 amide bonds. The maximum atomic E-state index is 6.42. The lowest BCUT2D eigenvalue weighted by atomic mass is 9.45. The van der Waals surface area contributed by atoms with E-state index in [1.165, 1.54) is 24.0 Å². The second kappa shape index (κ2) is 3.99. The van der Waals surface area contributed by atoms with Crippen molar-refractivity contribution in [2.24, 2.45) is 17.1 Å². The lowest BCUT2D eigenvalue weighted by Crippen LogP contribution is -2.63. The minimum Gasteiger partial charge on any atom is -0.497 e. The third kappa shape index (κ3) is 1.38. The number of nitrogens with two attached hydrogens (primary N) is 1. The van der Waals surface area contributed by atoms with E-state index in [4.69, 9.17) is 10.5 Å². The first-order valence-corrected chi connectivity index (χ1v) is 7.04. The lowest BCUT2D eigenvalue weighted by molar-refractivity contribution is -0.0184. The van der Waals surface area contributed by atoms with E-state index < -0.39 is 0 Å². The third-order valence-corrected chi connectivity index (χ3v) is 5.56. The molecule has 4 unspecified atom stereocenters. The molecule has 1 saturated carbocycles. The first-order chi connectivity index (χ1) is 8.61. The molecule has 0 bridgehead atoms. The number of rotatable bonds is 2. The molecule has 1 aromatic carbocycles. The first-order valence-electron chi connectivity index (χ1n) is 7.04. The van der Waals surface area contributed by atoms with Crippen LogP contribution in [0.25, 0.3) is 0 Å². The van der Waals surface area contributed by atoms with Gasteiger partial charge in [0.15, 0.2) is 0 Å². The molecule has 0 aliphatic heterocycles. The first kappa shape index (κ1) is 12.0. The summed E-state index contributed by atoms with van der Waals surface area (Å²) in [5.74, 6) is 2.29. The molecule has 2 nitrogen and oxygen atoms in total. The molecule has 0 spiro atoms. The van der Waals surface area contributed by atoms with E-state index in [-0.39, 0.29) is 5.41 Å². The van der Waals surface area contributed by atoms with Gasteiger partial charge in [0.1, 0.15) is 5.75 Å². The SMILES string of the molecule is CCC1(C)C(N)C2CCc3ccc(OC)cc3C21. The Hall–Kier alpha value is -1.02. The van der Waals surface area contributed by atoms with E-state index >= 15 is 0 Å². The molecule has 0 heterocycles. The van der Waals surface area contributed by atoms with Crippen molar-refractivity contribution in [3.63, 3.8) is 0 Å². The normalized spacial score (nSPS) is 37.4. The molecule has 2 aliphatic rings. The summed E-state index contributed by atoms with van der Waals surface area (Å²) >= 11 is 0. The fourth-order valence-electron chi connectivity index (χ4n) is 4.20. The molecule has 2 N–H and O–H groups in total. The summed E-state index contributed by atoms with van der Waals surface area (Å²) in [5.41, 5.74) is 9.69. The van der Waals surface area contributed by atoms with Gasteiger partial charge in [0, 0.05) is 6.04 Å². The number of fused-ring (bicyclic) bond motifs is 3. The van der Waals surface area contributed by atoms with Gasteiger partial charge in [-0.3, -0.25) is 0 Å². The average molecular weight is 245 g/mol. The summed E-state index contributed by atoms with van der Waals surface area (Å²) in [6.45, 7) is 4.62. The van der Waals surface area contributed by atoms with Crippen molar-refractivity contribution in [2.45, 2.75) is 45.1 Å². The molecular formula is C16H23NO. The molecule has 18 heavy (non-hydrogen) atoms. The van der Waals surface area contributed by atoms with Crippen molar-refractivity contribution in [3.8, 4) is 5.75 Å². The van der Waals surface area contributed by atoms with E-state index in [0.29, 0.717) is 17.9 Å². The number of methoxy groups -OCH3 is 1. The Morgan fingerprint density at radius 3 is 2.89 bits per heavy atom. The Kier molecular flexibility index (Phi) is 2.67. The van der Waals surface area contributed by atoms with Crippen LogP contribution in [-0.4, -0.2) is 13.2 Å². The number of benzene rings is 1. The summed E-state index contributed by atoms with van der Waals surface area (Å²) < 4.78 is 5.39. The van der Waals surface area contributed by atoms with Crippen LogP contribution in [0.2, 0.25) is 0 Å². The van der Waals surface area contributed by atoms with E-state index in [1.807, 2.05) is 0 Å². The third-order valence-electron chi connectivity index (χ3n) is 5.56. The van der Waals surface area contributed by atoms with E-state index in [2.05, 4.69) is 32.0 Å². The molecule has 2 aliphatic carbocycles. The van der Waals surface area contributed by atoms with E-state index in [1.54, 1.807) is 7.11 Å². The van der Waals surface area contributed by atoms with Crippen LogP contribution in [0.15, 0.2) is 18.2 Å². The number of hydrogen-bond acceptors (Lipinski definition) is 2. The summed E-state index contributed by atoms with van der Waals surface area (Å²) in [5, 5.41) is 0. The Bertz CT molecular complexity index is 470. The molecule has 2 heteroatoms. The smallest absolute Gasteiger partial charge is 0.119 e. The van der Waals surface area contributed by atoms with Crippen molar-refractivity contribution >= 4 is 0 Å². The Balaban J connectivity index is 2.05. The quantitative estimate of drug-likeness (QED) is 0.869. The summed E-state index contributed by atoms with van der Waals surface area (Å²) in [4.78, 5) is 0. The predicted molar refractivity (Wildman–Crippen MR) is 73.9 cm³/mol. The topological polar surface area (TPSA) is 35.2 Å². The fourth-order valence-corrected chi connectivity index (χ4v) is 4.20. The predicted octanol–water partition coefficient (Wildman–Crippen LogP) is 3.10. The van der Waals surface area contributed by atoms with E-state index in [9.17, 15) is 0 Å². The maximum Gasteiger partial charge on any atom is 0.119 e. The zero-order valence-corrected chi connectivity index (χ0v) is 11.6. The number of ether oxygens (including phenoxy) is 1. The van der Waals surface area contributed by atoms with Gasteiger partial charge in [-0.1, -0.05) is 19.9 Å². The molecule has 1 fully saturated rings. The minimum atomic E-state index is 0.270. The highest BCUT2D eigenvalue weighted by atomic mass is 16.5. The molecule has 0 radical (unpaired) electrons. The zero-order chi connectivity index (χ0) is 12.9. The van der Waals surface area contributed by atoms with Crippen LogP contribution in [0.5, 0.6) is 5.75 Å². The summed E-state index contributed by atoms with van der Waals surface area (Å²) in [6, 6.07) is 6.93. The molecule has 0 saturated heterocycles. The van der Waals surface area contributed by atoms with Crippen molar-refractivity contribution in [2.75, 3.05) is 7.11 Å². The minimum absolute atomic E-state index is 0.270. The van der Waals surface area contributed by atoms with Crippen LogP contribution in [0.4, 0.5) is 0 Å². The van der Waals surface area contributed by atoms with Gasteiger partial charge in [0.05, 0.1) is 7.11 Å². The Morgan fingerprint density at radius 1 is 1.44 bits per heavy atom. The van der Waals surface area contributed by atoms with Crippen molar-refractivity contribution < 1.29 is 4.74 Å². The molecule has 4 atom stereocenters. The lowest BCUT2D eigenvalue weighted by Gasteiger charge is -2.61. The monoisotopic (exact) mass is 245 g/mol. The highest BCUT2D eigenvalue weighted by Gasteiger charge is 2.57. The summed E-state index contributed by atoms with van der Waals surface area (Å²) in [7, 11) is 1.74. The van der Waals surface area contributed by atoms with Gasteiger partial charge in [0.2, 0.25) is 0 Å². The standard InChI is InChI=1S/C16H23NO/c1-4-16(2)14-12(15(16)17)8-6-10-5-7-11(18-3)9-13(10)14/h5,7,9,12,14-15H,4,6,8,17H2,1-3H3. The zero-order valence-electron chi connectivity index (χ0n) is 11.6. The van der Waals surface area contributed by atoms with Gasteiger partial charge in [-0.15, -0.1) is 0 Å².